The van der Waals surface area contributed by atoms with Gasteiger partial charge in [-0.3, -0.25) is 0 Å². The molecule has 76 valence electrons. The van der Waals surface area contributed by atoms with Gasteiger partial charge < -0.3 is 9.84 Å². The second kappa shape index (κ2) is 2.99. The van der Waals surface area contributed by atoms with Gasteiger partial charge in [0.15, 0.2) is 0 Å². The Balaban J connectivity index is 2.42. The predicted octanol–water partition coefficient (Wildman–Crippen LogP) is 2.41. The molecule has 1 N–H and O–H groups in total. The van der Waals surface area contributed by atoms with E-state index in [0.717, 1.165) is 17.9 Å². The molecular weight excluding hydrogens is 176 g/mol. The zero-order valence-corrected chi connectivity index (χ0v) is 8.87. The van der Waals surface area contributed by atoms with Gasteiger partial charge in [0, 0.05) is 11.5 Å². The average Bonchev–Trinajstić information content (AvgIpc) is 2.46. The molecule has 1 aromatic carbocycles. The largest absolute Gasteiger partial charge is 0.493 e. The summed E-state index contributed by atoms with van der Waals surface area (Å²) < 4.78 is 5.54. The molecule has 14 heavy (non-hydrogen) atoms. The third kappa shape index (κ3) is 1.50. The Bertz CT molecular complexity index is 350. The van der Waals surface area contributed by atoms with Crippen LogP contribution < -0.4 is 4.74 Å². The van der Waals surface area contributed by atoms with Gasteiger partial charge in [0.2, 0.25) is 0 Å². The first-order valence-electron chi connectivity index (χ1n) is 4.98. The van der Waals surface area contributed by atoms with E-state index in [1.807, 2.05) is 12.1 Å². The molecule has 0 saturated heterocycles. The molecule has 2 heteroatoms. The fraction of sp³-hybridized carbons (Fsp3) is 0.500. The lowest BCUT2D eigenvalue weighted by Crippen LogP contribution is -2.15. The van der Waals surface area contributed by atoms with E-state index in [1.54, 1.807) is 13.8 Å². The quantitative estimate of drug-likeness (QED) is 0.740. The Kier molecular flexibility index (Phi) is 2.04. The number of hydrogen-bond acceptors (Lipinski definition) is 2. The number of fused-ring (bicyclic) bond motifs is 1. The summed E-state index contributed by atoms with van der Waals surface area (Å²) in [6, 6.07) is 5.98. The van der Waals surface area contributed by atoms with Crippen molar-refractivity contribution in [3.8, 4) is 5.75 Å². The predicted molar refractivity (Wildman–Crippen MR) is 55.6 cm³/mol. The van der Waals surface area contributed by atoms with Crippen molar-refractivity contribution in [3.63, 3.8) is 0 Å². The molecule has 0 fully saturated rings. The molecule has 1 unspecified atom stereocenters. The Hall–Kier alpha value is -1.02. The summed E-state index contributed by atoms with van der Waals surface area (Å²) in [5, 5.41) is 9.83. The number of rotatable bonds is 1. The zero-order chi connectivity index (χ0) is 10.3. The highest BCUT2D eigenvalue weighted by Crippen LogP contribution is 2.36. The number of benzene rings is 1. The van der Waals surface area contributed by atoms with Gasteiger partial charge in [0.05, 0.1) is 12.2 Å². The van der Waals surface area contributed by atoms with Crippen LogP contribution in [0.3, 0.4) is 0 Å². The highest BCUT2D eigenvalue weighted by atomic mass is 16.5. The lowest BCUT2D eigenvalue weighted by molar-refractivity contribution is 0.0783. The zero-order valence-electron chi connectivity index (χ0n) is 8.87. The number of hydrogen-bond donors (Lipinski definition) is 1. The Morgan fingerprint density at radius 1 is 1.43 bits per heavy atom. The van der Waals surface area contributed by atoms with Gasteiger partial charge in [0.1, 0.15) is 5.75 Å². The number of aliphatic hydroxyl groups is 1. The molecular formula is C12H16O2. The summed E-state index contributed by atoms with van der Waals surface area (Å²) in [6.07, 6.45) is 0. The van der Waals surface area contributed by atoms with E-state index in [-0.39, 0.29) is 0 Å². The first-order valence-corrected chi connectivity index (χ1v) is 4.98. The summed E-state index contributed by atoms with van der Waals surface area (Å²) in [5.41, 5.74) is 1.37. The third-order valence-electron chi connectivity index (χ3n) is 2.74. The molecule has 1 aliphatic heterocycles. The van der Waals surface area contributed by atoms with E-state index in [1.165, 1.54) is 5.56 Å². The van der Waals surface area contributed by atoms with E-state index < -0.39 is 5.60 Å². The molecule has 0 aromatic heterocycles. The molecule has 1 atom stereocenters. The molecule has 1 aliphatic rings. The Morgan fingerprint density at radius 2 is 2.14 bits per heavy atom. The summed E-state index contributed by atoms with van der Waals surface area (Å²) in [7, 11) is 0. The van der Waals surface area contributed by atoms with Crippen LogP contribution in [-0.4, -0.2) is 11.7 Å². The Labute approximate surface area is 84.5 Å². The maximum Gasteiger partial charge on any atom is 0.123 e. The van der Waals surface area contributed by atoms with Crippen LogP contribution in [0.4, 0.5) is 0 Å². The highest BCUT2D eigenvalue weighted by Gasteiger charge is 2.23. The van der Waals surface area contributed by atoms with Crippen LogP contribution in [0.25, 0.3) is 0 Å². The van der Waals surface area contributed by atoms with Crippen LogP contribution in [0.5, 0.6) is 5.75 Å². The van der Waals surface area contributed by atoms with Crippen molar-refractivity contribution in [2.75, 3.05) is 6.61 Å². The lowest BCUT2D eigenvalue weighted by atomic mass is 9.94. The first-order chi connectivity index (χ1) is 6.48. The minimum absolute atomic E-state index is 0.473. The SMILES string of the molecule is CC1COc2cc(C(C)(C)O)ccc21. The van der Waals surface area contributed by atoms with Crippen LogP contribution in [0, 0.1) is 0 Å². The van der Waals surface area contributed by atoms with E-state index in [2.05, 4.69) is 13.0 Å². The molecule has 0 spiro atoms. The van der Waals surface area contributed by atoms with Gasteiger partial charge in [-0.15, -0.1) is 0 Å². The summed E-state index contributed by atoms with van der Waals surface area (Å²) in [5.74, 6) is 1.40. The lowest BCUT2D eigenvalue weighted by Gasteiger charge is -2.18. The molecule has 1 aromatic rings. The molecule has 0 bridgehead atoms. The van der Waals surface area contributed by atoms with Gasteiger partial charge >= 0.3 is 0 Å². The fourth-order valence-electron chi connectivity index (χ4n) is 1.75. The van der Waals surface area contributed by atoms with Gasteiger partial charge in [-0.1, -0.05) is 19.1 Å². The van der Waals surface area contributed by atoms with Crippen molar-refractivity contribution < 1.29 is 9.84 Å². The molecule has 0 aliphatic carbocycles. The van der Waals surface area contributed by atoms with E-state index >= 15 is 0 Å². The van der Waals surface area contributed by atoms with Crippen LogP contribution in [0.1, 0.15) is 37.8 Å². The molecule has 0 amide bonds. The van der Waals surface area contributed by atoms with Gasteiger partial charge in [0.25, 0.3) is 0 Å². The van der Waals surface area contributed by atoms with Gasteiger partial charge in [-0.25, -0.2) is 0 Å². The van der Waals surface area contributed by atoms with E-state index in [4.69, 9.17) is 4.74 Å². The average molecular weight is 192 g/mol. The molecule has 0 radical (unpaired) electrons. The maximum absolute atomic E-state index is 9.83. The topological polar surface area (TPSA) is 29.5 Å². The van der Waals surface area contributed by atoms with Crippen LogP contribution in [-0.2, 0) is 5.60 Å². The van der Waals surface area contributed by atoms with E-state index in [0.29, 0.717) is 5.92 Å². The van der Waals surface area contributed by atoms with E-state index in [9.17, 15) is 5.11 Å². The van der Waals surface area contributed by atoms with Crippen LogP contribution in [0.2, 0.25) is 0 Å². The normalized spacial score (nSPS) is 20.4. The molecule has 2 nitrogen and oxygen atoms in total. The van der Waals surface area contributed by atoms with Crippen molar-refractivity contribution in [3.05, 3.63) is 29.3 Å². The smallest absolute Gasteiger partial charge is 0.123 e. The number of ether oxygens (including phenoxy) is 1. The monoisotopic (exact) mass is 192 g/mol. The molecule has 1 heterocycles. The highest BCUT2D eigenvalue weighted by molar-refractivity contribution is 5.43. The maximum atomic E-state index is 9.83. The minimum Gasteiger partial charge on any atom is -0.493 e. The molecule has 0 saturated carbocycles. The Morgan fingerprint density at radius 3 is 2.79 bits per heavy atom. The second-order valence-corrected chi connectivity index (χ2v) is 4.52. The van der Waals surface area contributed by atoms with Gasteiger partial charge in [-0.05, 0) is 25.5 Å². The standard InChI is InChI=1S/C12H16O2/c1-8-7-14-11-6-9(12(2,3)13)4-5-10(8)11/h4-6,8,13H,7H2,1-3H3. The van der Waals surface area contributed by atoms with Gasteiger partial charge in [-0.2, -0.15) is 0 Å². The second-order valence-electron chi connectivity index (χ2n) is 4.52. The van der Waals surface area contributed by atoms with Crippen molar-refractivity contribution in [2.45, 2.75) is 32.3 Å². The summed E-state index contributed by atoms with van der Waals surface area (Å²) >= 11 is 0. The van der Waals surface area contributed by atoms with Crippen molar-refractivity contribution in [2.24, 2.45) is 0 Å². The van der Waals surface area contributed by atoms with Crippen LogP contribution >= 0.6 is 0 Å². The summed E-state index contributed by atoms with van der Waals surface area (Å²) in [6.45, 7) is 6.47. The first kappa shape index (κ1) is 9.53. The third-order valence-corrected chi connectivity index (χ3v) is 2.74. The van der Waals surface area contributed by atoms with Crippen molar-refractivity contribution >= 4 is 0 Å². The molecule has 2 rings (SSSR count). The minimum atomic E-state index is -0.787. The summed E-state index contributed by atoms with van der Waals surface area (Å²) in [4.78, 5) is 0. The van der Waals surface area contributed by atoms with Crippen molar-refractivity contribution in [1.82, 2.24) is 0 Å². The van der Waals surface area contributed by atoms with Crippen molar-refractivity contribution in [1.29, 1.82) is 0 Å². The fourth-order valence-corrected chi connectivity index (χ4v) is 1.75. The van der Waals surface area contributed by atoms with Crippen LogP contribution in [0.15, 0.2) is 18.2 Å².